The zero-order chi connectivity index (χ0) is 34.8. The summed E-state index contributed by atoms with van der Waals surface area (Å²) in [5.74, 6) is -1.31. The molecule has 0 amide bonds. The second-order valence-electron chi connectivity index (χ2n) is 13.5. The predicted octanol–water partition coefficient (Wildman–Crippen LogP) is 12.4. The molecule has 0 radical (unpaired) electrons. The first kappa shape index (κ1) is 49.2. The number of carboxylic acid groups (broad SMARTS) is 2. The van der Waals surface area contributed by atoms with Crippen LogP contribution in [0.1, 0.15) is 233 Å². The van der Waals surface area contributed by atoms with Crippen molar-refractivity contribution >= 4 is 11.9 Å². The highest BCUT2D eigenvalue weighted by molar-refractivity contribution is 5.66. The van der Waals surface area contributed by atoms with Gasteiger partial charge in [0.25, 0.3) is 0 Å². The molecule has 0 rings (SSSR count). The number of aliphatic carboxylic acids is 2. The molecule has 1 atom stereocenters. The Kier molecular flexibility index (Phi) is 49.2. The van der Waals surface area contributed by atoms with E-state index in [1.165, 1.54) is 167 Å². The molecule has 0 saturated heterocycles. The van der Waals surface area contributed by atoms with Crippen molar-refractivity contribution in [2.24, 2.45) is 0 Å². The highest BCUT2D eigenvalue weighted by atomic mass is 16.4. The van der Waals surface area contributed by atoms with Gasteiger partial charge >= 0.3 is 11.9 Å². The lowest BCUT2D eigenvalue weighted by atomic mass is 10.0. The Hall–Kier alpha value is -1.14. The molecule has 0 aromatic carbocycles. The van der Waals surface area contributed by atoms with E-state index in [1.54, 1.807) is 6.92 Å². The molecule has 0 fully saturated rings. The third-order valence-corrected chi connectivity index (χ3v) is 8.54. The van der Waals surface area contributed by atoms with E-state index in [4.69, 9.17) is 20.4 Å². The van der Waals surface area contributed by atoms with E-state index in [0.717, 1.165) is 25.7 Å². The highest BCUT2D eigenvalue weighted by Crippen LogP contribution is 2.15. The van der Waals surface area contributed by atoms with Gasteiger partial charge in [-0.1, -0.05) is 194 Å². The van der Waals surface area contributed by atoms with Crippen molar-refractivity contribution in [3.8, 4) is 0 Å². The van der Waals surface area contributed by atoms with Crippen molar-refractivity contribution in [3.05, 3.63) is 0 Å². The Balaban J connectivity index is -0.000000682. The van der Waals surface area contributed by atoms with Crippen molar-refractivity contribution in [2.45, 2.75) is 239 Å². The fraction of sp³-hybridized carbons (Fsp3) is 0.950. The Morgan fingerprint density at radius 1 is 0.413 bits per heavy atom. The van der Waals surface area contributed by atoms with Gasteiger partial charge in [-0.25, -0.2) is 0 Å². The molecule has 0 aliphatic carbocycles. The van der Waals surface area contributed by atoms with E-state index in [2.05, 4.69) is 13.8 Å². The number of aliphatic hydroxyl groups is 2. The molecule has 1 unspecified atom stereocenters. The molecule has 0 aromatic rings. The summed E-state index contributed by atoms with van der Waals surface area (Å²) < 4.78 is 0. The van der Waals surface area contributed by atoms with Crippen LogP contribution < -0.4 is 0 Å². The monoisotopic (exact) mass is 659 g/mol. The first-order valence-corrected chi connectivity index (χ1v) is 20.0. The minimum atomic E-state index is -0.653. The van der Waals surface area contributed by atoms with Crippen LogP contribution in [-0.2, 0) is 9.59 Å². The molecule has 6 heteroatoms. The normalized spacial score (nSPS) is 11.3. The Bertz CT molecular complexity index is 522. The summed E-state index contributed by atoms with van der Waals surface area (Å²) in [7, 11) is 0. The summed E-state index contributed by atoms with van der Waals surface area (Å²) in [4.78, 5) is 20.7. The van der Waals surface area contributed by atoms with Crippen molar-refractivity contribution in [1.29, 1.82) is 0 Å². The standard InChI is InChI=1S/2C18H36O2.C4H10O2/c2*1-2-3-4-5-6-7-8-9-10-11-12-13-14-15-16-17-18(19)20;1-4(6)2-3-5/h2*2-17H2,1H3,(H,19,20);4-6H,2-3H2,1H3. The Morgan fingerprint density at radius 3 is 0.739 bits per heavy atom. The molecule has 4 N–H and O–H groups in total. The number of carbonyl (C=O) groups is 2. The van der Waals surface area contributed by atoms with Gasteiger partial charge in [0.15, 0.2) is 0 Å². The van der Waals surface area contributed by atoms with E-state index in [9.17, 15) is 9.59 Å². The van der Waals surface area contributed by atoms with Crippen LogP contribution in [0.5, 0.6) is 0 Å². The molecule has 46 heavy (non-hydrogen) atoms. The summed E-state index contributed by atoms with van der Waals surface area (Å²) in [5.41, 5.74) is 0. The number of carboxylic acids is 2. The average Bonchev–Trinajstić information content (AvgIpc) is 3.01. The Labute approximate surface area is 286 Å². The molecular weight excluding hydrogens is 576 g/mol. The van der Waals surface area contributed by atoms with Gasteiger partial charge in [-0.3, -0.25) is 9.59 Å². The third-order valence-electron chi connectivity index (χ3n) is 8.54. The SMILES string of the molecule is CC(O)CCO.CCCCCCCCCCCCCCCCCC(=O)O.CCCCCCCCCCCCCCCCCC(=O)O. The van der Waals surface area contributed by atoms with Crippen LogP contribution in [0.3, 0.4) is 0 Å². The van der Waals surface area contributed by atoms with Crippen LogP contribution in [0.25, 0.3) is 0 Å². The summed E-state index contributed by atoms with van der Waals surface area (Å²) >= 11 is 0. The Morgan fingerprint density at radius 2 is 0.609 bits per heavy atom. The van der Waals surface area contributed by atoms with Gasteiger partial charge < -0.3 is 20.4 Å². The molecule has 278 valence electrons. The summed E-state index contributed by atoms with van der Waals surface area (Å²) in [6.45, 7) is 6.27. The van der Waals surface area contributed by atoms with Crippen molar-refractivity contribution in [3.63, 3.8) is 0 Å². The lowest BCUT2D eigenvalue weighted by molar-refractivity contribution is -0.138. The highest BCUT2D eigenvalue weighted by Gasteiger charge is 1.98. The zero-order valence-corrected chi connectivity index (χ0v) is 31.2. The molecule has 0 aromatic heterocycles. The maximum atomic E-state index is 10.3. The average molecular weight is 659 g/mol. The first-order valence-electron chi connectivity index (χ1n) is 20.0. The maximum Gasteiger partial charge on any atom is 0.303 e. The first-order chi connectivity index (χ1) is 22.3. The number of unbranched alkanes of at least 4 members (excludes halogenated alkanes) is 28. The molecule has 0 spiro atoms. The second-order valence-corrected chi connectivity index (χ2v) is 13.5. The smallest absolute Gasteiger partial charge is 0.303 e. The number of hydrogen-bond acceptors (Lipinski definition) is 4. The van der Waals surface area contributed by atoms with Crippen LogP contribution in [0.2, 0.25) is 0 Å². The van der Waals surface area contributed by atoms with Crippen molar-refractivity contribution in [2.75, 3.05) is 6.61 Å². The number of hydrogen-bond donors (Lipinski definition) is 4. The van der Waals surface area contributed by atoms with E-state index < -0.39 is 11.9 Å². The molecule has 0 saturated carbocycles. The van der Waals surface area contributed by atoms with Gasteiger partial charge in [0.2, 0.25) is 0 Å². The third kappa shape index (κ3) is 58.4. The van der Waals surface area contributed by atoms with Crippen molar-refractivity contribution < 1.29 is 30.0 Å². The van der Waals surface area contributed by atoms with E-state index >= 15 is 0 Å². The summed E-state index contributed by atoms with van der Waals surface area (Å²) in [6, 6.07) is 0. The largest absolute Gasteiger partial charge is 0.481 e. The lowest BCUT2D eigenvalue weighted by Gasteiger charge is -2.03. The van der Waals surface area contributed by atoms with E-state index in [1.807, 2.05) is 0 Å². The molecule has 0 heterocycles. The van der Waals surface area contributed by atoms with Gasteiger partial charge in [-0.15, -0.1) is 0 Å². The fourth-order valence-electron chi connectivity index (χ4n) is 5.48. The molecule has 0 aliphatic rings. The predicted molar refractivity (Wildman–Crippen MR) is 198 cm³/mol. The number of aliphatic hydroxyl groups excluding tert-OH is 2. The lowest BCUT2D eigenvalue weighted by Crippen LogP contribution is -2.00. The van der Waals surface area contributed by atoms with Crippen LogP contribution in [0, 0.1) is 0 Å². The van der Waals surface area contributed by atoms with Crippen molar-refractivity contribution in [1.82, 2.24) is 0 Å². The molecular formula is C40H82O6. The van der Waals surface area contributed by atoms with Gasteiger partial charge in [0.1, 0.15) is 0 Å². The minimum absolute atomic E-state index is 0.0810. The molecule has 0 bridgehead atoms. The number of rotatable bonds is 34. The quantitative estimate of drug-likeness (QED) is 0.0511. The minimum Gasteiger partial charge on any atom is -0.481 e. The van der Waals surface area contributed by atoms with Crippen LogP contribution in [0.15, 0.2) is 0 Å². The zero-order valence-electron chi connectivity index (χ0n) is 31.2. The van der Waals surface area contributed by atoms with Crippen LogP contribution in [-0.4, -0.2) is 45.1 Å². The molecule has 6 nitrogen and oxygen atoms in total. The molecule has 0 aliphatic heterocycles. The topological polar surface area (TPSA) is 115 Å². The van der Waals surface area contributed by atoms with Crippen LogP contribution in [0.4, 0.5) is 0 Å². The summed E-state index contributed by atoms with van der Waals surface area (Å²) in [6.07, 6.45) is 40.5. The second kappa shape index (κ2) is 46.0. The summed E-state index contributed by atoms with van der Waals surface area (Å²) in [5, 5.41) is 33.5. The van der Waals surface area contributed by atoms with E-state index in [-0.39, 0.29) is 12.7 Å². The van der Waals surface area contributed by atoms with Gasteiger partial charge in [-0.2, -0.15) is 0 Å². The van der Waals surface area contributed by atoms with Gasteiger partial charge in [0, 0.05) is 19.4 Å². The van der Waals surface area contributed by atoms with E-state index in [0.29, 0.717) is 19.3 Å². The van der Waals surface area contributed by atoms with Gasteiger partial charge in [-0.05, 0) is 26.2 Å². The fourth-order valence-corrected chi connectivity index (χ4v) is 5.48. The maximum absolute atomic E-state index is 10.3. The van der Waals surface area contributed by atoms with Crippen LogP contribution >= 0.6 is 0 Å². The van der Waals surface area contributed by atoms with Gasteiger partial charge in [0.05, 0.1) is 6.10 Å².